The molecule has 0 amide bonds. The summed E-state index contributed by atoms with van der Waals surface area (Å²) in [5, 5.41) is 0. The van der Waals surface area contributed by atoms with E-state index in [0.29, 0.717) is 0 Å². The van der Waals surface area contributed by atoms with Crippen LogP contribution in [-0.4, -0.2) is 0 Å². The van der Waals surface area contributed by atoms with Crippen molar-refractivity contribution in [2.75, 3.05) is 0 Å². The molecule has 0 bridgehead atoms. The number of unbranched alkanes of at least 4 members (excludes halogenated alkanes) is 1. The smallest absolute Gasteiger partial charge is 0.358 e. The third-order valence-electron chi connectivity index (χ3n) is 1.98. The van der Waals surface area contributed by atoms with Gasteiger partial charge in [0.1, 0.15) is 0 Å². The molecule has 0 saturated heterocycles. The molecule has 0 N–H and O–H groups in total. The van der Waals surface area contributed by atoms with E-state index in [4.69, 9.17) is 0 Å². The zero-order chi connectivity index (χ0) is 7.40. The molecule has 0 saturated carbocycles. The maximum absolute atomic E-state index is 3.37. The summed E-state index contributed by atoms with van der Waals surface area (Å²) in [4.78, 5) is 0. The van der Waals surface area contributed by atoms with Crippen LogP contribution in [-0.2, 0) is 26.2 Å². The Morgan fingerprint density at radius 1 is 1.38 bits per heavy atom. The molecule has 0 aliphatic heterocycles. The Morgan fingerprint density at radius 2 is 2.00 bits per heavy atom. The van der Waals surface area contributed by atoms with Crippen LogP contribution in [0.4, 0.5) is 0 Å². The molecule has 0 atom stereocenters. The topological polar surface area (TPSA) is 0 Å². The van der Waals surface area contributed by atoms with E-state index in [9.17, 15) is 0 Å². The monoisotopic (exact) mass is 255 g/mol. The van der Waals surface area contributed by atoms with Gasteiger partial charge >= 0.3 is 26.2 Å². The quantitative estimate of drug-likeness (QED) is 0.665. The van der Waals surface area contributed by atoms with Crippen molar-refractivity contribution in [3.05, 3.63) is 38.2 Å². The molecule has 1 aliphatic carbocycles. The predicted molar refractivity (Wildman–Crippen MR) is 57.5 cm³/mol. The number of allylic oxidation sites excluding steroid dienone is 4. The molecule has 0 aromatic heterocycles. The van der Waals surface area contributed by atoms with Crippen LogP contribution in [0.1, 0.15) is 39.5 Å². The van der Waals surface area contributed by atoms with Crippen molar-refractivity contribution in [3.63, 3.8) is 0 Å². The van der Waals surface area contributed by atoms with Crippen LogP contribution in [0.25, 0.3) is 0 Å². The maximum atomic E-state index is 3.37. The Labute approximate surface area is 104 Å². The minimum Gasteiger partial charge on any atom is -0.358 e. The Kier molecular flexibility index (Phi) is 15.3. The maximum Gasteiger partial charge on any atom is 3.00 e. The number of rotatable bonds is 3. The second kappa shape index (κ2) is 10.4. The summed E-state index contributed by atoms with van der Waals surface area (Å²) < 4.78 is 0. The first-order valence-corrected chi connectivity index (χ1v) is 4.11. The van der Waals surface area contributed by atoms with Gasteiger partial charge in [-0.2, -0.15) is 6.08 Å². The first-order valence-electron chi connectivity index (χ1n) is 4.11. The second-order valence-corrected chi connectivity index (χ2v) is 2.85. The fourth-order valence-electron chi connectivity index (χ4n) is 1.23. The Hall–Kier alpha value is 0.363. The largest absolute Gasteiger partial charge is 3.00 e. The van der Waals surface area contributed by atoms with Gasteiger partial charge in [0.2, 0.25) is 0 Å². The van der Waals surface area contributed by atoms with Gasteiger partial charge in [-0.05, 0) is 0 Å². The molecule has 0 fully saturated rings. The Balaban J connectivity index is -0.000000333. The van der Waals surface area contributed by atoms with Crippen molar-refractivity contribution in [1.82, 2.24) is 0 Å². The molecule has 0 heterocycles. The molecule has 13 heavy (non-hydrogen) atoms. The molecule has 0 aromatic carbocycles. The molecule has 1 radical (unpaired) electrons. The SMILES string of the molecule is CCCCC1=[C-]CC=C1C.[CH3-].[CH3-].[Zr+3]. The normalized spacial score (nSPS) is 13.1. The summed E-state index contributed by atoms with van der Waals surface area (Å²) in [5.41, 5.74) is 2.91. The van der Waals surface area contributed by atoms with E-state index in [-0.39, 0.29) is 41.1 Å². The van der Waals surface area contributed by atoms with Gasteiger partial charge in [-0.3, -0.25) is 6.08 Å². The van der Waals surface area contributed by atoms with Crippen LogP contribution in [0.15, 0.2) is 17.2 Å². The van der Waals surface area contributed by atoms with Crippen molar-refractivity contribution in [1.29, 1.82) is 0 Å². The minimum absolute atomic E-state index is 0. The van der Waals surface area contributed by atoms with Gasteiger partial charge in [0.25, 0.3) is 0 Å². The average Bonchev–Trinajstić information content (AvgIpc) is 2.31. The third-order valence-corrected chi connectivity index (χ3v) is 1.98. The van der Waals surface area contributed by atoms with Gasteiger partial charge in [0.05, 0.1) is 0 Å². The zero-order valence-electron chi connectivity index (χ0n) is 9.41. The molecular weight excluding hydrogens is 235 g/mol. The van der Waals surface area contributed by atoms with E-state index in [2.05, 4.69) is 26.0 Å². The second-order valence-electron chi connectivity index (χ2n) is 2.85. The van der Waals surface area contributed by atoms with E-state index >= 15 is 0 Å². The minimum atomic E-state index is 0. The fraction of sp³-hybridized carbons (Fsp3) is 0.500. The van der Waals surface area contributed by atoms with Gasteiger partial charge in [-0.25, -0.2) is 11.1 Å². The summed E-state index contributed by atoms with van der Waals surface area (Å²) in [7, 11) is 0. The predicted octanol–water partition coefficient (Wildman–Crippen LogP) is 4.15. The van der Waals surface area contributed by atoms with Crippen molar-refractivity contribution < 1.29 is 26.2 Å². The van der Waals surface area contributed by atoms with Crippen molar-refractivity contribution in [2.45, 2.75) is 39.5 Å². The van der Waals surface area contributed by atoms with Gasteiger partial charge in [-0.15, -0.1) is 13.3 Å². The van der Waals surface area contributed by atoms with Crippen molar-refractivity contribution in [2.24, 2.45) is 0 Å². The molecule has 0 nitrogen and oxygen atoms in total. The van der Waals surface area contributed by atoms with Crippen molar-refractivity contribution in [3.8, 4) is 0 Å². The fourth-order valence-corrected chi connectivity index (χ4v) is 1.23. The van der Waals surface area contributed by atoms with Gasteiger partial charge in [0.15, 0.2) is 0 Å². The molecular formula is C12H21Zr. The van der Waals surface area contributed by atoms with Gasteiger partial charge in [0, 0.05) is 0 Å². The molecule has 0 unspecified atom stereocenters. The summed E-state index contributed by atoms with van der Waals surface area (Å²) >= 11 is 0. The van der Waals surface area contributed by atoms with Crippen LogP contribution in [0.5, 0.6) is 0 Å². The standard InChI is InChI=1S/C10H15.2CH3.Zr/c1-3-4-7-10-8-5-6-9(10)2;;;/h6H,3-5,7H2,1-2H3;2*1H3;/q3*-1;+3. The summed E-state index contributed by atoms with van der Waals surface area (Å²) in [6.45, 7) is 4.42. The van der Waals surface area contributed by atoms with E-state index in [1.54, 1.807) is 0 Å². The zero-order valence-corrected chi connectivity index (χ0v) is 11.9. The van der Waals surface area contributed by atoms with Gasteiger partial charge < -0.3 is 14.9 Å². The van der Waals surface area contributed by atoms with Crippen LogP contribution in [0.2, 0.25) is 0 Å². The molecule has 73 valence electrons. The van der Waals surface area contributed by atoms with Crippen LogP contribution in [0.3, 0.4) is 0 Å². The Morgan fingerprint density at radius 3 is 2.38 bits per heavy atom. The average molecular weight is 257 g/mol. The molecule has 1 heteroatoms. The Bertz CT molecular complexity index is 166. The van der Waals surface area contributed by atoms with E-state index in [1.165, 1.54) is 30.4 Å². The summed E-state index contributed by atoms with van der Waals surface area (Å²) in [6, 6.07) is 0. The van der Waals surface area contributed by atoms with Crippen molar-refractivity contribution >= 4 is 0 Å². The molecule has 0 aromatic rings. The van der Waals surface area contributed by atoms with E-state index in [0.717, 1.165) is 6.42 Å². The molecule has 0 spiro atoms. The number of hydrogen-bond donors (Lipinski definition) is 0. The third kappa shape index (κ3) is 6.44. The first kappa shape index (κ1) is 19.0. The molecule has 1 aliphatic rings. The number of hydrogen-bond acceptors (Lipinski definition) is 0. The first-order chi connectivity index (χ1) is 4.84. The molecule has 1 rings (SSSR count). The van der Waals surface area contributed by atoms with Crippen LogP contribution in [0, 0.1) is 20.9 Å². The van der Waals surface area contributed by atoms with E-state index in [1.807, 2.05) is 0 Å². The van der Waals surface area contributed by atoms with Gasteiger partial charge in [-0.1, -0.05) is 26.2 Å². The van der Waals surface area contributed by atoms with E-state index < -0.39 is 0 Å². The van der Waals surface area contributed by atoms with Crippen LogP contribution < -0.4 is 0 Å². The summed E-state index contributed by atoms with van der Waals surface area (Å²) in [5.74, 6) is 0. The van der Waals surface area contributed by atoms with Crippen LogP contribution >= 0.6 is 0 Å². The summed E-state index contributed by atoms with van der Waals surface area (Å²) in [6.07, 6.45) is 10.5.